The number of nitrogen functional groups attached to an aromatic ring is 1. The first-order chi connectivity index (χ1) is 9.58. The molecule has 0 amide bonds. The molecule has 1 fully saturated rings. The van der Waals surface area contributed by atoms with E-state index in [2.05, 4.69) is 15.0 Å². The Hall–Kier alpha value is -1.97. The Labute approximate surface area is 113 Å². The summed E-state index contributed by atoms with van der Waals surface area (Å²) in [7, 11) is 0. The molecule has 1 aliphatic rings. The van der Waals surface area contributed by atoms with E-state index in [-0.39, 0.29) is 18.1 Å². The minimum absolute atomic E-state index is 0.0145. The fourth-order valence-electron chi connectivity index (χ4n) is 2.42. The van der Waals surface area contributed by atoms with E-state index in [9.17, 15) is 15.0 Å². The molecule has 1 aliphatic heterocycles. The second kappa shape index (κ2) is 4.85. The number of fused-ring (bicyclic) bond motifs is 1. The summed E-state index contributed by atoms with van der Waals surface area (Å²) in [5, 5.41) is 19.0. The zero-order valence-corrected chi connectivity index (χ0v) is 10.6. The molecular formula is C11H15N5O4. The van der Waals surface area contributed by atoms with Crippen LogP contribution in [0.1, 0.15) is 19.1 Å². The number of nitrogens with zero attached hydrogens (tertiary/aromatic N) is 3. The maximum absolute atomic E-state index is 11.7. The van der Waals surface area contributed by atoms with Crippen LogP contribution in [0.15, 0.2) is 11.1 Å². The van der Waals surface area contributed by atoms with Crippen molar-refractivity contribution in [3.05, 3.63) is 16.7 Å². The van der Waals surface area contributed by atoms with Gasteiger partial charge in [0.2, 0.25) is 5.95 Å². The van der Waals surface area contributed by atoms with Crippen LogP contribution in [0.25, 0.3) is 11.2 Å². The third kappa shape index (κ3) is 2.15. The third-order valence-electron chi connectivity index (χ3n) is 3.32. The molecule has 20 heavy (non-hydrogen) atoms. The average molecular weight is 281 g/mol. The van der Waals surface area contributed by atoms with Crippen LogP contribution < -0.4 is 11.3 Å². The molecule has 9 nitrogen and oxygen atoms in total. The molecule has 3 rings (SSSR count). The summed E-state index contributed by atoms with van der Waals surface area (Å²) in [5.41, 5.74) is 5.55. The number of aliphatic hydroxyl groups is 2. The van der Waals surface area contributed by atoms with Crippen molar-refractivity contribution >= 4 is 17.1 Å². The van der Waals surface area contributed by atoms with Crippen molar-refractivity contribution in [1.29, 1.82) is 0 Å². The monoisotopic (exact) mass is 281 g/mol. The second-order valence-corrected chi connectivity index (χ2v) is 4.80. The standard InChI is InChI=1S/C11H15N5O4/c12-11-14-9-8(10(19)15-11)13-4-16(9)7-2-5(18)1-6(3-17)20-7/h4-7,17-18H,1-3H2,(H3,12,14,15,19)/t5-,6+,7-/m1/s1. The van der Waals surface area contributed by atoms with E-state index in [1.165, 1.54) is 6.33 Å². The number of ether oxygens (including phenoxy) is 1. The van der Waals surface area contributed by atoms with Gasteiger partial charge in [0.25, 0.3) is 5.56 Å². The molecular weight excluding hydrogens is 266 g/mol. The lowest BCUT2D eigenvalue weighted by Crippen LogP contribution is -2.35. The third-order valence-corrected chi connectivity index (χ3v) is 3.32. The largest absolute Gasteiger partial charge is 0.394 e. The first-order valence-corrected chi connectivity index (χ1v) is 6.25. The molecule has 0 spiro atoms. The van der Waals surface area contributed by atoms with Crippen molar-refractivity contribution in [2.24, 2.45) is 0 Å². The van der Waals surface area contributed by atoms with Gasteiger partial charge in [-0.05, 0) is 0 Å². The van der Waals surface area contributed by atoms with Gasteiger partial charge in [0.1, 0.15) is 6.23 Å². The van der Waals surface area contributed by atoms with Crippen LogP contribution >= 0.6 is 0 Å². The Bertz CT molecular complexity index is 681. The molecule has 9 heteroatoms. The second-order valence-electron chi connectivity index (χ2n) is 4.80. The Morgan fingerprint density at radius 2 is 2.35 bits per heavy atom. The van der Waals surface area contributed by atoms with E-state index in [4.69, 9.17) is 10.5 Å². The summed E-state index contributed by atoms with van der Waals surface area (Å²) in [6.45, 7) is -0.184. The fraction of sp³-hybridized carbons (Fsp3) is 0.545. The number of hydrogen-bond donors (Lipinski definition) is 4. The number of aromatic nitrogens is 4. The lowest BCUT2D eigenvalue weighted by Gasteiger charge is -2.32. The van der Waals surface area contributed by atoms with Crippen molar-refractivity contribution < 1.29 is 14.9 Å². The number of aliphatic hydroxyl groups excluding tert-OH is 2. The number of nitrogens with one attached hydrogen (secondary N) is 1. The van der Waals surface area contributed by atoms with Gasteiger partial charge in [-0.25, -0.2) is 4.98 Å². The highest BCUT2D eigenvalue weighted by molar-refractivity contribution is 5.70. The predicted molar refractivity (Wildman–Crippen MR) is 68.8 cm³/mol. The Morgan fingerprint density at radius 1 is 1.55 bits per heavy atom. The fourth-order valence-corrected chi connectivity index (χ4v) is 2.42. The number of aromatic amines is 1. The normalized spacial score (nSPS) is 27.0. The summed E-state index contributed by atoms with van der Waals surface area (Å²) in [5.74, 6) is -0.0145. The molecule has 0 aliphatic carbocycles. The summed E-state index contributed by atoms with van der Waals surface area (Å²) in [6.07, 6.45) is 0.521. The van der Waals surface area contributed by atoms with Gasteiger partial charge in [-0.1, -0.05) is 0 Å². The van der Waals surface area contributed by atoms with Crippen molar-refractivity contribution in [2.45, 2.75) is 31.3 Å². The molecule has 108 valence electrons. The van der Waals surface area contributed by atoms with Crippen molar-refractivity contribution in [1.82, 2.24) is 19.5 Å². The van der Waals surface area contributed by atoms with Crippen LogP contribution in [-0.2, 0) is 4.74 Å². The maximum atomic E-state index is 11.7. The van der Waals surface area contributed by atoms with Crippen LogP contribution in [0.3, 0.4) is 0 Å². The summed E-state index contributed by atoms with van der Waals surface area (Å²) < 4.78 is 7.21. The molecule has 0 bridgehead atoms. The predicted octanol–water partition coefficient (Wildman–Crippen LogP) is -1.27. The maximum Gasteiger partial charge on any atom is 0.280 e. The average Bonchev–Trinajstić information content (AvgIpc) is 2.81. The lowest BCUT2D eigenvalue weighted by atomic mass is 10.0. The summed E-state index contributed by atoms with van der Waals surface area (Å²) >= 11 is 0. The topological polar surface area (TPSA) is 139 Å². The minimum atomic E-state index is -0.595. The van der Waals surface area contributed by atoms with Gasteiger partial charge in [0.15, 0.2) is 11.2 Å². The molecule has 2 aromatic heterocycles. The van der Waals surface area contributed by atoms with Gasteiger partial charge in [-0.3, -0.25) is 14.3 Å². The van der Waals surface area contributed by atoms with Crippen molar-refractivity contribution in [3.63, 3.8) is 0 Å². The minimum Gasteiger partial charge on any atom is -0.394 e. The Balaban J connectivity index is 2.03. The highest BCUT2D eigenvalue weighted by Gasteiger charge is 2.30. The number of H-pyrrole nitrogens is 1. The molecule has 3 heterocycles. The van der Waals surface area contributed by atoms with E-state index in [1.54, 1.807) is 4.57 Å². The van der Waals surface area contributed by atoms with Crippen LogP contribution in [-0.4, -0.2) is 48.5 Å². The number of nitrogens with two attached hydrogens (primary N) is 1. The molecule has 0 saturated carbocycles. The van der Waals surface area contributed by atoms with Crippen LogP contribution in [0, 0.1) is 0 Å². The lowest BCUT2D eigenvalue weighted by molar-refractivity contribution is -0.140. The SMILES string of the molecule is Nc1nc2c(ncn2[C@H]2C[C@H](O)C[C@@H](CO)O2)c(=O)[nH]1. The van der Waals surface area contributed by atoms with E-state index < -0.39 is 24.0 Å². The van der Waals surface area contributed by atoms with Gasteiger partial charge in [-0.15, -0.1) is 0 Å². The van der Waals surface area contributed by atoms with Crippen LogP contribution in [0.4, 0.5) is 5.95 Å². The number of anilines is 1. The Kier molecular flexibility index (Phi) is 3.16. The van der Waals surface area contributed by atoms with Gasteiger partial charge in [0.05, 0.1) is 25.1 Å². The van der Waals surface area contributed by atoms with Gasteiger partial charge < -0.3 is 20.7 Å². The van der Waals surface area contributed by atoms with E-state index in [0.29, 0.717) is 18.5 Å². The van der Waals surface area contributed by atoms with E-state index in [0.717, 1.165) is 0 Å². The molecule has 0 unspecified atom stereocenters. The number of hydrogen-bond acceptors (Lipinski definition) is 7. The first-order valence-electron chi connectivity index (χ1n) is 6.25. The van der Waals surface area contributed by atoms with Crippen molar-refractivity contribution in [3.8, 4) is 0 Å². The zero-order chi connectivity index (χ0) is 14.3. The smallest absolute Gasteiger partial charge is 0.280 e. The Morgan fingerprint density at radius 3 is 3.10 bits per heavy atom. The highest BCUT2D eigenvalue weighted by atomic mass is 16.5. The molecule has 0 aromatic carbocycles. The molecule has 5 N–H and O–H groups in total. The zero-order valence-electron chi connectivity index (χ0n) is 10.6. The van der Waals surface area contributed by atoms with Crippen LogP contribution in [0.5, 0.6) is 0 Å². The number of imidazole rings is 1. The number of rotatable bonds is 2. The van der Waals surface area contributed by atoms with Crippen molar-refractivity contribution in [2.75, 3.05) is 12.3 Å². The molecule has 2 aromatic rings. The van der Waals surface area contributed by atoms with Gasteiger partial charge in [0, 0.05) is 12.8 Å². The molecule has 1 saturated heterocycles. The summed E-state index contributed by atoms with van der Waals surface area (Å²) in [4.78, 5) is 22.1. The van der Waals surface area contributed by atoms with E-state index in [1.807, 2.05) is 0 Å². The van der Waals surface area contributed by atoms with E-state index >= 15 is 0 Å². The first kappa shape index (κ1) is 13.0. The summed E-state index contributed by atoms with van der Waals surface area (Å²) in [6, 6.07) is 0. The van der Waals surface area contributed by atoms with Gasteiger partial charge >= 0.3 is 0 Å². The quantitative estimate of drug-likeness (QED) is 0.538. The molecule has 3 atom stereocenters. The van der Waals surface area contributed by atoms with Gasteiger partial charge in [-0.2, -0.15) is 4.98 Å². The molecule has 0 radical (unpaired) electrons. The highest BCUT2D eigenvalue weighted by Crippen LogP contribution is 2.28. The van der Waals surface area contributed by atoms with Crippen LogP contribution in [0.2, 0.25) is 0 Å².